The Balaban J connectivity index is 1.64. The molecule has 0 saturated carbocycles. The maximum atomic E-state index is 12.1. The van der Waals surface area contributed by atoms with Gasteiger partial charge in [0.25, 0.3) is 0 Å². The number of nitrogens with zero attached hydrogens (tertiary/aromatic N) is 3. The van der Waals surface area contributed by atoms with Gasteiger partial charge in [-0.15, -0.1) is 0 Å². The molecule has 2 aromatic carbocycles. The molecule has 0 aliphatic carbocycles. The van der Waals surface area contributed by atoms with Crippen LogP contribution < -0.4 is 5.32 Å². The molecule has 5 nitrogen and oxygen atoms in total. The summed E-state index contributed by atoms with van der Waals surface area (Å²) >= 11 is 0. The van der Waals surface area contributed by atoms with E-state index in [1.54, 1.807) is 35.1 Å². The zero-order chi connectivity index (χ0) is 16.1. The van der Waals surface area contributed by atoms with Crippen molar-refractivity contribution >= 4 is 11.6 Å². The van der Waals surface area contributed by atoms with Gasteiger partial charge in [0.05, 0.1) is 29.9 Å². The van der Waals surface area contributed by atoms with Crippen LogP contribution in [0, 0.1) is 11.3 Å². The van der Waals surface area contributed by atoms with Gasteiger partial charge in [0.2, 0.25) is 5.91 Å². The van der Waals surface area contributed by atoms with E-state index in [0.717, 1.165) is 11.3 Å². The molecule has 1 heterocycles. The van der Waals surface area contributed by atoms with Crippen LogP contribution in [0.15, 0.2) is 67.0 Å². The van der Waals surface area contributed by atoms with E-state index in [9.17, 15) is 4.79 Å². The summed E-state index contributed by atoms with van der Waals surface area (Å²) in [5.74, 6) is -0.123. The highest BCUT2D eigenvalue weighted by Gasteiger charge is 2.07. The number of nitrogens with one attached hydrogen (secondary N) is 1. The van der Waals surface area contributed by atoms with Crippen molar-refractivity contribution in [3.8, 4) is 11.8 Å². The Labute approximate surface area is 133 Å². The molecule has 1 aromatic heterocycles. The second kappa shape index (κ2) is 6.58. The first kappa shape index (κ1) is 14.5. The number of carbonyl (C=O) groups is 1. The van der Waals surface area contributed by atoms with E-state index >= 15 is 0 Å². The van der Waals surface area contributed by atoms with Crippen molar-refractivity contribution in [3.05, 3.63) is 78.1 Å². The maximum Gasteiger partial charge on any atom is 0.228 e. The minimum atomic E-state index is -0.123. The average molecular weight is 302 g/mol. The van der Waals surface area contributed by atoms with Gasteiger partial charge in [0.15, 0.2) is 0 Å². The SMILES string of the molecule is N#Cc1ccc(NC(=O)Cc2cnn(-c3ccccc3)c2)cc1. The number of amides is 1. The molecule has 0 bridgehead atoms. The quantitative estimate of drug-likeness (QED) is 0.805. The van der Waals surface area contributed by atoms with E-state index in [4.69, 9.17) is 5.26 Å². The van der Waals surface area contributed by atoms with Crippen LogP contribution in [0.25, 0.3) is 5.69 Å². The Morgan fingerprint density at radius 3 is 2.57 bits per heavy atom. The third-order valence-corrected chi connectivity index (χ3v) is 3.32. The number of carbonyl (C=O) groups excluding carboxylic acids is 1. The number of aromatic nitrogens is 2. The number of benzene rings is 2. The van der Waals surface area contributed by atoms with Gasteiger partial charge in [0.1, 0.15) is 0 Å². The summed E-state index contributed by atoms with van der Waals surface area (Å²) in [6.45, 7) is 0. The molecular formula is C18H14N4O. The molecule has 1 N–H and O–H groups in total. The lowest BCUT2D eigenvalue weighted by Gasteiger charge is -2.04. The molecule has 0 aliphatic rings. The van der Waals surface area contributed by atoms with Gasteiger partial charge >= 0.3 is 0 Å². The monoisotopic (exact) mass is 302 g/mol. The normalized spacial score (nSPS) is 10.0. The maximum absolute atomic E-state index is 12.1. The second-order valence-electron chi connectivity index (χ2n) is 5.04. The lowest BCUT2D eigenvalue weighted by molar-refractivity contribution is -0.115. The van der Waals surface area contributed by atoms with Crippen molar-refractivity contribution in [2.24, 2.45) is 0 Å². The molecule has 0 spiro atoms. The number of rotatable bonds is 4. The van der Waals surface area contributed by atoms with Crippen LogP contribution in [0.5, 0.6) is 0 Å². The first-order chi connectivity index (χ1) is 11.2. The predicted octanol–water partition coefficient (Wildman–Crippen LogP) is 2.93. The fourth-order valence-electron chi connectivity index (χ4n) is 2.19. The Bertz CT molecular complexity index is 845. The fourth-order valence-corrected chi connectivity index (χ4v) is 2.19. The molecule has 0 atom stereocenters. The topological polar surface area (TPSA) is 70.7 Å². The average Bonchev–Trinajstić information content (AvgIpc) is 3.04. The van der Waals surface area contributed by atoms with Gasteiger partial charge in [-0.05, 0) is 42.0 Å². The summed E-state index contributed by atoms with van der Waals surface area (Å²) in [5, 5.41) is 15.8. The van der Waals surface area contributed by atoms with Crippen molar-refractivity contribution in [1.29, 1.82) is 5.26 Å². The molecule has 5 heteroatoms. The van der Waals surface area contributed by atoms with E-state index in [2.05, 4.69) is 10.4 Å². The lowest BCUT2D eigenvalue weighted by atomic mass is 10.2. The van der Waals surface area contributed by atoms with Crippen LogP contribution in [0.2, 0.25) is 0 Å². The fraction of sp³-hybridized carbons (Fsp3) is 0.0556. The standard InChI is InChI=1S/C18H14N4O/c19-11-14-6-8-16(9-7-14)21-18(23)10-15-12-20-22(13-15)17-4-2-1-3-5-17/h1-9,12-13H,10H2,(H,21,23). The minimum Gasteiger partial charge on any atom is -0.326 e. The molecule has 0 fully saturated rings. The molecule has 0 radical (unpaired) electrons. The van der Waals surface area contributed by atoms with Crippen molar-refractivity contribution in [1.82, 2.24) is 9.78 Å². The summed E-state index contributed by atoms with van der Waals surface area (Å²) in [5.41, 5.74) is 3.02. The van der Waals surface area contributed by atoms with Crippen LogP contribution >= 0.6 is 0 Å². The zero-order valence-electron chi connectivity index (χ0n) is 12.3. The minimum absolute atomic E-state index is 0.123. The number of para-hydroxylation sites is 1. The van der Waals surface area contributed by atoms with Crippen LogP contribution in [0.3, 0.4) is 0 Å². The smallest absolute Gasteiger partial charge is 0.228 e. The number of anilines is 1. The van der Waals surface area contributed by atoms with Crippen molar-refractivity contribution in [3.63, 3.8) is 0 Å². The lowest BCUT2D eigenvalue weighted by Crippen LogP contribution is -2.14. The van der Waals surface area contributed by atoms with Crippen LogP contribution in [0.1, 0.15) is 11.1 Å². The number of hydrogen-bond acceptors (Lipinski definition) is 3. The predicted molar refractivity (Wildman–Crippen MR) is 87.1 cm³/mol. The molecule has 23 heavy (non-hydrogen) atoms. The Kier molecular flexibility index (Phi) is 4.16. The number of nitriles is 1. The highest BCUT2D eigenvalue weighted by Crippen LogP contribution is 2.11. The van der Waals surface area contributed by atoms with Crippen molar-refractivity contribution in [2.75, 3.05) is 5.32 Å². The van der Waals surface area contributed by atoms with E-state index in [0.29, 0.717) is 11.3 Å². The van der Waals surface area contributed by atoms with E-state index in [1.165, 1.54) is 0 Å². The third kappa shape index (κ3) is 3.63. The first-order valence-electron chi connectivity index (χ1n) is 7.13. The molecule has 1 amide bonds. The summed E-state index contributed by atoms with van der Waals surface area (Å²) in [6.07, 6.45) is 3.77. The second-order valence-corrected chi connectivity index (χ2v) is 5.04. The summed E-state index contributed by atoms with van der Waals surface area (Å²) in [4.78, 5) is 12.1. The van der Waals surface area contributed by atoms with Crippen molar-refractivity contribution in [2.45, 2.75) is 6.42 Å². The van der Waals surface area contributed by atoms with Gasteiger partial charge in [-0.25, -0.2) is 4.68 Å². The highest BCUT2D eigenvalue weighted by molar-refractivity contribution is 5.92. The molecule has 3 aromatic rings. The summed E-state index contributed by atoms with van der Waals surface area (Å²) in [6, 6.07) is 18.5. The van der Waals surface area contributed by atoms with E-state index in [-0.39, 0.29) is 12.3 Å². The largest absolute Gasteiger partial charge is 0.326 e. The van der Waals surface area contributed by atoms with Crippen LogP contribution in [-0.2, 0) is 11.2 Å². The number of hydrogen-bond donors (Lipinski definition) is 1. The van der Waals surface area contributed by atoms with E-state index in [1.807, 2.05) is 42.6 Å². The highest BCUT2D eigenvalue weighted by atomic mass is 16.1. The molecular weight excluding hydrogens is 288 g/mol. The summed E-state index contributed by atoms with van der Waals surface area (Å²) in [7, 11) is 0. The Morgan fingerprint density at radius 1 is 1.13 bits per heavy atom. The van der Waals surface area contributed by atoms with Gasteiger partial charge < -0.3 is 5.32 Å². The Hall–Kier alpha value is -3.39. The molecule has 0 aliphatic heterocycles. The molecule has 0 unspecified atom stereocenters. The van der Waals surface area contributed by atoms with E-state index < -0.39 is 0 Å². The van der Waals surface area contributed by atoms with Gasteiger partial charge in [-0.2, -0.15) is 10.4 Å². The first-order valence-corrected chi connectivity index (χ1v) is 7.13. The van der Waals surface area contributed by atoms with Crippen molar-refractivity contribution < 1.29 is 4.79 Å². The van der Waals surface area contributed by atoms with Crippen LogP contribution in [-0.4, -0.2) is 15.7 Å². The Morgan fingerprint density at radius 2 is 1.87 bits per heavy atom. The third-order valence-electron chi connectivity index (χ3n) is 3.32. The molecule has 112 valence electrons. The molecule has 3 rings (SSSR count). The van der Waals surface area contributed by atoms with Gasteiger partial charge in [-0.1, -0.05) is 18.2 Å². The summed E-state index contributed by atoms with van der Waals surface area (Å²) < 4.78 is 1.74. The van der Waals surface area contributed by atoms with Gasteiger partial charge in [0, 0.05) is 11.9 Å². The van der Waals surface area contributed by atoms with Gasteiger partial charge in [-0.3, -0.25) is 4.79 Å². The molecule has 0 saturated heterocycles. The van der Waals surface area contributed by atoms with Crippen LogP contribution in [0.4, 0.5) is 5.69 Å². The zero-order valence-corrected chi connectivity index (χ0v) is 12.3.